The molecular weight excluding hydrogens is 416 g/mol. The van der Waals surface area contributed by atoms with Crippen molar-refractivity contribution in [2.24, 2.45) is 5.11 Å². The van der Waals surface area contributed by atoms with Crippen LogP contribution in [0.25, 0.3) is 10.4 Å². The monoisotopic (exact) mass is 458 g/mol. The molecule has 5 rings (SSSR count). The molecule has 0 N–H and O–H groups in total. The Labute approximate surface area is 206 Å². The molecule has 2 aromatic rings. The van der Waals surface area contributed by atoms with E-state index in [1.807, 2.05) is 30.3 Å². The smallest absolute Gasteiger partial charge is 0.0510 e. The lowest BCUT2D eigenvalue weighted by molar-refractivity contribution is 0.458. The van der Waals surface area contributed by atoms with Crippen molar-refractivity contribution >= 4 is 0 Å². The van der Waals surface area contributed by atoms with Gasteiger partial charge in [0, 0.05) is 23.5 Å². The minimum atomic E-state index is 0.442. The van der Waals surface area contributed by atoms with Gasteiger partial charge in [-0.1, -0.05) is 116 Å². The van der Waals surface area contributed by atoms with Gasteiger partial charge in [0.15, 0.2) is 0 Å². The summed E-state index contributed by atoms with van der Waals surface area (Å²) in [4.78, 5) is 5.36. The van der Waals surface area contributed by atoms with Crippen LogP contribution in [-0.2, 0) is 13.1 Å². The second-order valence-electron chi connectivity index (χ2n) is 9.62. The lowest BCUT2D eigenvalue weighted by Gasteiger charge is -2.03. The Morgan fingerprint density at radius 1 is 0.676 bits per heavy atom. The fourth-order valence-corrected chi connectivity index (χ4v) is 5.01. The maximum atomic E-state index is 7.99. The average Bonchev–Trinajstić information content (AvgIpc) is 3.47. The molecule has 2 fully saturated rings. The SMILES string of the molecule is C1=CCCCCCC1.[N-]=[N+]=NCc1ccccc1.c1ccc(CN2C3CCCCCCC32)cc1. The zero-order valence-corrected chi connectivity index (χ0v) is 20.8. The van der Waals surface area contributed by atoms with Crippen molar-refractivity contribution in [2.45, 2.75) is 102 Å². The van der Waals surface area contributed by atoms with Gasteiger partial charge in [0.2, 0.25) is 0 Å². The zero-order chi connectivity index (χ0) is 23.7. The normalized spacial score (nSPS) is 23.5. The summed E-state index contributed by atoms with van der Waals surface area (Å²) in [6, 6.07) is 22.4. The molecule has 2 aromatic carbocycles. The van der Waals surface area contributed by atoms with Gasteiger partial charge in [0.1, 0.15) is 0 Å². The van der Waals surface area contributed by atoms with E-state index in [0.29, 0.717) is 6.54 Å². The molecule has 34 heavy (non-hydrogen) atoms. The first kappa shape index (κ1) is 26.1. The maximum absolute atomic E-state index is 7.99. The topological polar surface area (TPSA) is 51.8 Å². The highest BCUT2D eigenvalue weighted by atomic mass is 15.3. The van der Waals surface area contributed by atoms with E-state index in [4.69, 9.17) is 5.53 Å². The number of hydrogen-bond donors (Lipinski definition) is 0. The quantitative estimate of drug-likeness (QED) is 0.148. The summed E-state index contributed by atoms with van der Waals surface area (Å²) in [5.74, 6) is 0. The van der Waals surface area contributed by atoms with Crippen molar-refractivity contribution in [3.63, 3.8) is 0 Å². The number of rotatable bonds is 4. The number of hydrogen-bond acceptors (Lipinski definition) is 2. The molecule has 1 saturated heterocycles. The fraction of sp³-hybridized carbons (Fsp3) is 0.533. The van der Waals surface area contributed by atoms with Crippen LogP contribution in [0.5, 0.6) is 0 Å². The first-order valence-electron chi connectivity index (χ1n) is 13.4. The predicted octanol–water partition coefficient (Wildman–Crippen LogP) is 8.99. The molecule has 1 saturated carbocycles. The molecule has 0 aromatic heterocycles. The van der Waals surface area contributed by atoms with E-state index in [2.05, 4.69) is 57.4 Å². The Morgan fingerprint density at radius 2 is 1.18 bits per heavy atom. The summed E-state index contributed by atoms with van der Waals surface area (Å²) in [6.45, 7) is 1.62. The van der Waals surface area contributed by atoms with Gasteiger partial charge >= 0.3 is 0 Å². The zero-order valence-electron chi connectivity index (χ0n) is 20.8. The third-order valence-electron chi connectivity index (χ3n) is 6.98. The molecule has 2 aliphatic carbocycles. The predicted molar refractivity (Wildman–Crippen MR) is 143 cm³/mol. The van der Waals surface area contributed by atoms with Crippen LogP contribution in [0.15, 0.2) is 77.9 Å². The Kier molecular flexibility index (Phi) is 12.4. The van der Waals surface area contributed by atoms with Crippen LogP contribution < -0.4 is 0 Å². The van der Waals surface area contributed by atoms with Gasteiger partial charge in [-0.05, 0) is 55.2 Å². The van der Waals surface area contributed by atoms with Crippen molar-refractivity contribution in [2.75, 3.05) is 0 Å². The lowest BCUT2D eigenvalue weighted by Crippen LogP contribution is -2.02. The largest absolute Gasteiger partial charge is 0.290 e. The van der Waals surface area contributed by atoms with Crippen LogP contribution in [0.2, 0.25) is 0 Å². The number of nitrogens with zero attached hydrogens (tertiary/aromatic N) is 4. The van der Waals surface area contributed by atoms with Gasteiger partial charge in [0.05, 0.1) is 6.54 Å². The molecule has 4 heteroatoms. The van der Waals surface area contributed by atoms with Crippen molar-refractivity contribution in [3.8, 4) is 0 Å². The van der Waals surface area contributed by atoms with Gasteiger partial charge in [-0.25, -0.2) is 0 Å². The Morgan fingerprint density at radius 3 is 1.71 bits per heavy atom. The molecule has 1 aliphatic heterocycles. The van der Waals surface area contributed by atoms with E-state index in [1.54, 1.807) is 0 Å². The van der Waals surface area contributed by atoms with Gasteiger partial charge in [0.25, 0.3) is 0 Å². The van der Waals surface area contributed by atoms with Crippen molar-refractivity contribution in [1.29, 1.82) is 0 Å². The molecule has 0 radical (unpaired) electrons. The highest BCUT2D eigenvalue weighted by Crippen LogP contribution is 2.39. The minimum absolute atomic E-state index is 0.442. The summed E-state index contributed by atoms with van der Waals surface area (Å²) in [7, 11) is 0. The van der Waals surface area contributed by atoms with Crippen LogP contribution in [0.1, 0.15) is 88.2 Å². The lowest BCUT2D eigenvalue weighted by atomic mass is 10.0. The molecule has 2 atom stereocenters. The van der Waals surface area contributed by atoms with E-state index in [9.17, 15) is 0 Å². The Hall–Kier alpha value is -2.55. The third kappa shape index (κ3) is 10.2. The van der Waals surface area contributed by atoms with Crippen LogP contribution in [0.3, 0.4) is 0 Å². The second-order valence-corrected chi connectivity index (χ2v) is 9.62. The molecule has 3 aliphatic rings. The molecular formula is C30H42N4. The minimum Gasteiger partial charge on any atom is -0.290 e. The molecule has 182 valence electrons. The van der Waals surface area contributed by atoms with E-state index >= 15 is 0 Å². The van der Waals surface area contributed by atoms with Gasteiger partial charge < -0.3 is 0 Å². The molecule has 0 spiro atoms. The summed E-state index contributed by atoms with van der Waals surface area (Å²) < 4.78 is 0. The fourth-order valence-electron chi connectivity index (χ4n) is 5.01. The third-order valence-corrected chi connectivity index (χ3v) is 6.98. The number of fused-ring (bicyclic) bond motifs is 1. The van der Waals surface area contributed by atoms with E-state index in [1.165, 1.54) is 89.2 Å². The number of benzene rings is 2. The first-order valence-corrected chi connectivity index (χ1v) is 13.4. The standard InChI is InChI=1S/C15H21N.C8H14.C7H7N3/c1-2-7-11-15-14(10-6-1)16(15)12-13-8-4-3-5-9-13;1-2-4-6-8-7-5-3-1;8-10-9-6-7-4-2-1-3-5-7/h3-5,8-9,14-15H,1-2,6-7,10-12H2;1-2H,3-8H2;1-5H,6H2. The average molecular weight is 459 g/mol. The summed E-state index contributed by atoms with van der Waals surface area (Å²) in [6.07, 6.45) is 21.7. The van der Waals surface area contributed by atoms with Gasteiger partial charge in [-0.3, -0.25) is 4.90 Å². The second kappa shape index (κ2) is 16.1. The van der Waals surface area contributed by atoms with Crippen LogP contribution >= 0.6 is 0 Å². The van der Waals surface area contributed by atoms with Crippen molar-refractivity contribution in [3.05, 3.63) is 94.4 Å². The molecule has 0 bridgehead atoms. The van der Waals surface area contributed by atoms with E-state index in [0.717, 1.165) is 17.6 Å². The van der Waals surface area contributed by atoms with Crippen LogP contribution in [0.4, 0.5) is 0 Å². The number of allylic oxidation sites excluding steroid dienone is 2. The summed E-state index contributed by atoms with van der Waals surface area (Å²) in [5.41, 5.74) is 10.5. The van der Waals surface area contributed by atoms with Crippen LogP contribution in [0, 0.1) is 0 Å². The number of azide groups is 1. The highest BCUT2D eigenvalue weighted by molar-refractivity contribution is 5.17. The summed E-state index contributed by atoms with van der Waals surface area (Å²) in [5, 5.41) is 3.42. The van der Waals surface area contributed by atoms with Gasteiger partial charge in [-0.15, -0.1) is 0 Å². The Bertz CT molecular complexity index is 834. The van der Waals surface area contributed by atoms with E-state index < -0.39 is 0 Å². The molecule has 2 unspecified atom stereocenters. The molecule has 0 amide bonds. The Balaban J connectivity index is 0.000000155. The van der Waals surface area contributed by atoms with Crippen LogP contribution in [-0.4, -0.2) is 17.0 Å². The maximum Gasteiger partial charge on any atom is 0.0510 e. The molecule has 4 nitrogen and oxygen atoms in total. The first-order chi connectivity index (χ1) is 16.9. The van der Waals surface area contributed by atoms with Crippen molar-refractivity contribution < 1.29 is 0 Å². The summed E-state index contributed by atoms with van der Waals surface area (Å²) >= 11 is 0. The molecule has 1 heterocycles. The highest BCUT2D eigenvalue weighted by Gasteiger charge is 2.45. The van der Waals surface area contributed by atoms with Gasteiger partial charge in [-0.2, -0.15) is 0 Å². The van der Waals surface area contributed by atoms with Crippen molar-refractivity contribution in [1.82, 2.24) is 4.90 Å². The van der Waals surface area contributed by atoms with E-state index in [-0.39, 0.29) is 0 Å².